The van der Waals surface area contributed by atoms with Crippen molar-refractivity contribution in [3.63, 3.8) is 0 Å². The third-order valence-electron chi connectivity index (χ3n) is 3.32. The molecule has 3 atom stereocenters. The summed E-state index contributed by atoms with van der Waals surface area (Å²) in [4.78, 5) is 11.1. The number of carbonyl (C=O) groups is 1. The molecule has 0 spiro atoms. The lowest BCUT2D eigenvalue weighted by Crippen LogP contribution is -2.33. The molecule has 0 N–H and O–H groups in total. The summed E-state index contributed by atoms with van der Waals surface area (Å²) in [6.07, 6.45) is 2.69. The lowest BCUT2D eigenvalue weighted by Gasteiger charge is -2.34. The molecule has 0 unspecified atom stereocenters. The molecule has 0 bridgehead atoms. The smallest absolute Gasteiger partial charge is 0.302 e. The molecule has 1 aliphatic rings. The summed E-state index contributed by atoms with van der Waals surface area (Å²) in [5, 5.41) is 0. The van der Waals surface area contributed by atoms with Crippen LogP contribution in [0, 0.1) is 0 Å². The fourth-order valence-electron chi connectivity index (χ4n) is 2.45. The minimum Gasteiger partial charge on any atom is -0.462 e. The highest BCUT2D eigenvalue weighted by Gasteiger charge is 2.31. The second-order valence-corrected chi connectivity index (χ2v) is 4.77. The fraction of sp³-hybridized carbons (Fsp3) is 0.533. The van der Waals surface area contributed by atoms with Crippen LogP contribution in [0.25, 0.3) is 0 Å². The van der Waals surface area contributed by atoms with Crippen LogP contribution in [-0.4, -0.2) is 18.2 Å². The standard InChI is InChI=1S/C15H20O3/c1-3-13-9-14(17-11(2)16)10-15(18-13)12-7-5-4-6-8-12/h4-8,13-15H,3,9-10H2,1-2H3/t13-,14+,15-/m0/s1. The molecule has 0 saturated carbocycles. The minimum absolute atomic E-state index is 0.0218. The van der Waals surface area contributed by atoms with Crippen molar-refractivity contribution in [3.8, 4) is 0 Å². The highest BCUT2D eigenvalue weighted by atomic mass is 16.6. The van der Waals surface area contributed by atoms with Gasteiger partial charge in [-0.05, 0) is 12.0 Å². The van der Waals surface area contributed by atoms with Crippen LogP contribution in [0.3, 0.4) is 0 Å². The van der Waals surface area contributed by atoms with Crippen LogP contribution in [0.2, 0.25) is 0 Å². The molecule has 0 aliphatic carbocycles. The van der Waals surface area contributed by atoms with Crippen LogP contribution in [0.15, 0.2) is 30.3 Å². The fourth-order valence-corrected chi connectivity index (χ4v) is 2.45. The van der Waals surface area contributed by atoms with Crippen LogP contribution in [-0.2, 0) is 14.3 Å². The third-order valence-corrected chi connectivity index (χ3v) is 3.32. The van der Waals surface area contributed by atoms with Crippen LogP contribution in [0.4, 0.5) is 0 Å². The highest BCUT2D eigenvalue weighted by Crippen LogP contribution is 2.33. The van der Waals surface area contributed by atoms with Crippen molar-refractivity contribution in [2.75, 3.05) is 0 Å². The molecule has 98 valence electrons. The predicted molar refractivity (Wildman–Crippen MR) is 69.1 cm³/mol. The number of benzene rings is 1. The third kappa shape index (κ3) is 3.33. The number of hydrogen-bond acceptors (Lipinski definition) is 3. The molecule has 0 amide bonds. The summed E-state index contributed by atoms with van der Waals surface area (Å²) in [6.45, 7) is 3.57. The molecular formula is C15H20O3. The van der Waals surface area contributed by atoms with Gasteiger partial charge in [0.1, 0.15) is 6.10 Å². The maximum Gasteiger partial charge on any atom is 0.302 e. The van der Waals surface area contributed by atoms with E-state index in [1.165, 1.54) is 6.92 Å². The van der Waals surface area contributed by atoms with Crippen LogP contribution >= 0.6 is 0 Å². The zero-order valence-electron chi connectivity index (χ0n) is 11.0. The average molecular weight is 248 g/mol. The van der Waals surface area contributed by atoms with E-state index in [2.05, 4.69) is 19.1 Å². The van der Waals surface area contributed by atoms with E-state index in [1.54, 1.807) is 0 Å². The van der Waals surface area contributed by atoms with Crippen LogP contribution in [0.1, 0.15) is 44.8 Å². The molecule has 0 aromatic heterocycles. The van der Waals surface area contributed by atoms with E-state index in [9.17, 15) is 4.79 Å². The van der Waals surface area contributed by atoms with Gasteiger partial charge < -0.3 is 9.47 Å². The molecule has 18 heavy (non-hydrogen) atoms. The first kappa shape index (κ1) is 13.1. The molecular weight excluding hydrogens is 228 g/mol. The Morgan fingerprint density at radius 2 is 2.06 bits per heavy atom. The highest BCUT2D eigenvalue weighted by molar-refractivity contribution is 5.66. The number of rotatable bonds is 3. The minimum atomic E-state index is -0.205. The van der Waals surface area contributed by atoms with Crippen molar-refractivity contribution < 1.29 is 14.3 Å². The zero-order valence-corrected chi connectivity index (χ0v) is 11.0. The van der Waals surface area contributed by atoms with Crippen molar-refractivity contribution in [1.82, 2.24) is 0 Å². The molecule has 2 rings (SSSR count). The summed E-state index contributed by atoms with van der Waals surface area (Å²) >= 11 is 0. The zero-order chi connectivity index (χ0) is 13.0. The van der Waals surface area contributed by atoms with Crippen LogP contribution in [0.5, 0.6) is 0 Å². The average Bonchev–Trinajstić information content (AvgIpc) is 2.38. The summed E-state index contributed by atoms with van der Waals surface area (Å²) in [5.41, 5.74) is 1.16. The summed E-state index contributed by atoms with van der Waals surface area (Å²) in [5.74, 6) is -0.205. The number of carbonyl (C=O) groups excluding carboxylic acids is 1. The monoisotopic (exact) mass is 248 g/mol. The van der Waals surface area contributed by atoms with Crippen molar-refractivity contribution in [3.05, 3.63) is 35.9 Å². The van der Waals surface area contributed by atoms with E-state index < -0.39 is 0 Å². The van der Waals surface area contributed by atoms with Gasteiger partial charge in [0.25, 0.3) is 0 Å². The lowest BCUT2D eigenvalue weighted by molar-refractivity contribution is -0.160. The van der Waals surface area contributed by atoms with Crippen molar-refractivity contribution in [1.29, 1.82) is 0 Å². The molecule has 1 aliphatic heterocycles. The van der Waals surface area contributed by atoms with E-state index in [-0.39, 0.29) is 24.3 Å². The molecule has 1 aromatic rings. The molecule has 3 heteroatoms. The number of ether oxygens (including phenoxy) is 2. The maximum absolute atomic E-state index is 11.1. The van der Waals surface area contributed by atoms with E-state index in [0.717, 1.165) is 24.8 Å². The molecule has 3 nitrogen and oxygen atoms in total. The van der Waals surface area contributed by atoms with E-state index in [1.807, 2.05) is 18.2 Å². The molecule has 1 fully saturated rings. The van der Waals surface area contributed by atoms with Crippen molar-refractivity contribution in [2.24, 2.45) is 0 Å². The normalized spacial score (nSPS) is 27.8. The Hall–Kier alpha value is -1.35. The number of hydrogen-bond donors (Lipinski definition) is 0. The van der Waals surface area contributed by atoms with Gasteiger partial charge in [0.2, 0.25) is 0 Å². The first-order valence-corrected chi connectivity index (χ1v) is 6.56. The maximum atomic E-state index is 11.1. The second-order valence-electron chi connectivity index (χ2n) is 4.77. The Morgan fingerprint density at radius 1 is 1.33 bits per heavy atom. The first-order valence-electron chi connectivity index (χ1n) is 6.56. The van der Waals surface area contributed by atoms with E-state index in [0.29, 0.717) is 0 Å². The Morgan fingerprint density at radius 3 is 2.67 bits per heavy atom. The number of esters is 1. The Bertz CT molecular complexity index is 388. The van der Waals surface area contributed by atoms with Gasteiger partial charge in [-0.1, -0.05) is 37.3 Å². The predicted octanol–water partition coefficient (Wildman–Crippen LogP) is 3.25. The molecule has 1 saturated heterocycles. The van der Waals surface area contributed by atoms with Crippen LogP contribution < -0.4 is 0 Å². The summed E-state index contributed by atoms with van der Waals surface area (Å²) in [7, 11) is 0. The lowest BCUT2D eigenvalue weighted by atomic mass is 9.95. The molecule has 1 aromatic carbocycles. The second kappa shape index (κ2) is 6.01. The summed E-state index contributed by atoms with van der Waals surface area (Å²) in [6, 6.07) is 10.1. The van der Waals surface area contributed by atoms with E-state index in [4.69, 9.17) is 9.47 Å². The van der Waals surface area contributed by atoms with Gasteiger partial charge in [-0.3, -0.25) is 4.79 Å². The molecule has 1 heterocycles. The van der Waals surface area contributed by atoms with Gasteiger partial charge >= 0.3 is 5.97 Å². The molecule has 0 radical (unpaired) electrons. The van der Waals surface area contributed by atoms with Gasteiger partial charge in [0.15, 0.2) is 0 Å². The SMILES string of the molecule is CC[C@H]1C[C@@H](OC(C)=O)C[C@@H](c2ccccc2)O1. The van der Waals surface area contributed by atoms with Gasteiger partial charge in [-0.15, -0.1) is 0 Å². The first-order chi connectivity index (χ1) is 8.69. The van der Waals surface area contributed by atoms with E-state index >= 15 is 0 Å². The Kier molecular flexibility index (Phi) is 4.37. The largest absolute Gasteiger partial charge is 0.462 e. The van der Waals surface area contributed by atoms with Gasteiger partial charge in [-0.2, -0.15) is 0 Å². The summed E-state index contributed by atoms with van der Waals surface area (Å²) < 4.78 is 11.4. The van der Waals surface area contributed by atoms with Gasteiger partial charge in [0.05, 0.1) is 12.2 Å². The quantitative estimate of drug-likeness (QED) is 0.770. The van der Waals surface area contributed by atoms with Crippen molar-refractivity contribution in [2.45, 2.75) is 51.4 Å². The topological polar surface area (TPSA) is 35.5 Å². The Labute approximate surface area is 108 Å². The van der Waals surface area contributed by atoms with Gasteiger partial charge in [0, 0.05) is 19.8 Å². The van der Waals surface area contributed by atoms with Crippen molar-refractivity contribution >= 4 is 5.97 Å². The Balaban J connectivity index is 2.08. The van der Waals surface area contributed by atoms with Gasteiger partial charge in [-0.25, -0.2) is 0 Å².